The number of nitrogens with zero attached hydrogens (tertiary/aromatic N) is 2. The molecule has 120 valence electrons. The minimum Gasteiger partial charge on any atom is -0.293 e. The van der Waals surface area contributed by atoms with Gasteiger partial charge in [0.05, 0.1) is 11.4 Å². The summed E-state index contributed by atoms with van der Waals surface area (Å²) >= 11 is 1.37. The van der Waals surface area contributed by atoms with Gasteiger partial charge in [-0.1, -0.05) is 54.2 Å². The average Bonchev–Trinajstić information content (AvgIpc) is 2.63. The fourth-order valence-corrected chi connectivity index (χ4v) is 3.03. The maximum Gasteiger partial charge on any atom is 0.188 e. The molecule has 1 heterocycles. The highest BCUT2D eigenvalue weighted by Crippen LogP contribution is 2.21. The number of carbonyl (C=O) groups excluding carboxylic acids is 1. The van der Waals surface area contributed by atoms with Gasteiger partial charge >= 0.3 is 0 Å². The number of benzene rings is 2. The highest BCUT2D eigenvalue weighted by Gasteiger charge is 2.10. The van der Waals surface area contributed by atoms with E-state index in [1.807, 2.05) is 68.4 Å². The molecule has 0 unspecified atom stereocenters. The predicted molar refractivity (Wildman–Crippen MR) is 98.4 cm³/mol. The van der Waals surface area contributed by atoms with E-state index in [0.717, 1.165) is 22.4 Å². The van der Waals surface area contributed by atoms with E-state index in [9.17, 15) is 4.79 Å². The Morgan fingerprint density at radius 3 is 2.54 bits per heavy atom. The van der Waals surface area contributed by atoms with Crippen molar-refractivity contribution in [1.29, 1.82) is 0 Å². The Balaban J connectivity index is 1.70. The molecule has 2 aromatic carbocycles. The van der Waals surface area contributed by atoms with Crippen LogP contribution in [0.3, 0.4) is 0 Å². The first kappa shape index (κ1) is 16.4. The van der Waals surface area contributed by atoms with Crippen molar-refractivity contribution < 1.29 is 4.79 Å². The van der Waals surface area contributed by atoms with E-state index >= 15 is 0 Å². The molecule has 0 bridgehead atoms. The SMILES string of the molecule is Cc1ccc(C(=O)CSc2nccc(-c3ccccc3)n2)cc1C. The molecule has 0 aliphatic heterocycles. The molecule has 24 heavy (non-hydrogen) atoms. The molecule has 0 N–H and O–H groups in total. The van der Waals surface area contributed by atoms with Crippen molar-refractivity contribution in [1.82, 2.24) is 9.97 Å². The second-order valence-electron chi connectivity index (χ2n) is 5.60. The number of hydrogen-bond donors (Lipinski definition) is 0. The summed E-state index contributed by atoms with van der Waals surface area (Å²) in [5.74, 6) is 0.428. The summed E-state index contributed by atoms with van der Waals surface area (Å²) in [4.78, 5) is 21.2. The second-order valence-corrected chi connectivity index (χ2v) is 6.54. The van der Waals surface area contributed by atoms with Gasteiger partial charge in [-0.2, -0.15) is 0 Å². The van der Waals surface area contributed by atoms with Crippen LogP contribution in [0.15, 0.2) is 66.0 Å². The van der Waals surface area contributed by atoms with Crippen molar-refractivity contribution in [3.8, 4) is 11.3 Å². The van der Waals surface area contributed by atoms with E-state index in [4.69, 9.17) is 0 Å². The fourth-order valence-electron chi connectivity index (χ4n) is 2.31. The Labute approximate surface area is 146 Å². The first-order valence-electron chi connectivity index (χ1n) is 7.75. The molecule has 4 heteroatoms. The van der Waals surface area contributed by atoms with Gasteiger partial charge in [0.2, 0.25) is 0 Å². The lowest BCUT2D eigenvalue weighted by Crippen LogP contribution is -2.04. The van der Waals surface area contributed by atoms with E-state index in [1.54, 1.807) is 6.20 Å². The van der Waals surface area contributed by atoms with Crippen molar-refractivity contribution in [2.45, 2.75) is 19.0 Å². The van der Waals surface area contributed by atoms with Crippen LogP contribution < -0.4 is 0 Å². The summed E-state index contributed by atoms with van der Waals surface area (Å²) in [7, 11) is 0. The van der Waals surface area contributed by atoms with Crippen LogP contribution in [0, 0.1) is 13.8 Å². The third-order valence-electron chi connectivity index (χ3n) is 3.86. The van der Waals surface area contributed by atoms with Crippen molar-refractivity contribution >= 4 is 17.5 Å². The largest absolute Gasteiger partial charge is 0.293 e. The molecule has 1 aromatic heterocycles. The fraction of sp³-hybridized carbons (Fsp3) is 0.150. The van der Waals surface area contributed by atoms with Crippen molar-refractivity contribution in [2.75, 3.05) is 5.75 Å². The lowest BCUT2D eigenvalue weighted by molar-refractivity contribution is 0.102. The summed E-state index contributed by atoms with van der Waals surface area (Å²) in [6, 6.07) is 17.6. The van der Waals surface area contributed by atoms with Gasteiger partial charge in [0.15, 0.2) is 10.9 Å². The number of rotatable bonds is 5. The summed E-state index contributed by atoms with van der Waals surface area (Å²) in [6.07, 6.45) is 1.73. The zero-order valence-electron chi connectivity index (χ0n) is 13.7. The quantitative estimate of drug-likeness (QED) is 0.384. The third kappa shape index (κ3) is 3.89. The van der Waals surface area contributed by atoms with E-state index in [0.29, 0.717) is 10.9 Å². The van der Waals surface area contributed by atoms with Crippen molar-refractivity contribution in [3.63, 3.8) is 0 Å². The summed E-state index contributed by atoms with van der Waals surface area (Å²) in [5, 5.41) is 0.619. The Morgan fingerprint density at radius 2 is 1.79 bits per heavy atom. The van der Waals surface area contributed by atoms with Crippen molar-refractivity contribution in [2.24, 2.45) is 0 Å². The van der Waals surface area contributed by atoms with Gasteiger partial charge in [0.1, 0.15) is 0 Å². The first-order chi connectivity index (χ1) is 11.6. The van der Waals surface area contributed by atoms with Crippen LogP contribution in [-0.4, -0.2) is 21.5 Å². The van der Waals surface area contributed by atoms with E-state index < -0.39 is 0 Å². The minimum absolute atomic E-state index is 0.0943. The molecule has 0 radical (unpaired) electrons. The topological polar surface area (TPSA) is 42.9 Å². The molecule has 3 aromatic rings. The van der Waals surface area contributed by atoms with Crippen LogP contribution in [0.25, 0.3) is 11.3 Å². The molecule has 0 saturated carbocycles. The molecule has 0 aliphatic rings. The maximum absolute atomic E-state index is 12.4. The van der Waals surface area contributed by atoms with E-state index in [-0.39, 0.29) is 5.78 Å². The summed E-state index contributed by atoms with van der Waals surface area (Å²) < 4.78 is 0. The van der Waals surface area contributed by atoms with Gasteiger partial charge in [-0.05, 0) is 37.1 Å². The summed E-state index contributed by atoms with van der Waals surface area (Å²) in [6.45, 7) is 4.06. The maximum atomic E-state index is 12.4. The van der Waals surface area contributed by atoms with Crippen LogP contribution in [0.5, 0.6) is 0 Å². The van der Waals surface area contributed by atoms with Crippen LogP contribution in [0.4, 0.5) is 0 Å². The molecule has 0 fully saturated rings. The van der Waals surface area contributed by atoms with E-state index in [1.165, 1.54) is 17.3 Å². The number of carbonyl (C=O) groups is 1. The molecular formula is C20H18N2OS. The Morgan fingerprint density at radius 1 is 1.00 bits per heavy atom. The van der Waals surface area contributed by atoms with Gasteiger partial charge in [-0.25, -0.2) is 9.97 Å². The highest BCUT2D eigenvalue weighted by molar-refractivity contribution is 7.99. The number of hydrogen-bond acceptors (Lipinski definition) is 4. The molecule has 0 spiro atoms. The predicted octanol–water partition coefficient (Wildman–Crippen LogP) is 4.74. The highest BCUT2D eigenvalue weighted by atomic mass is 32.2. The second kappa shape index (κ2) is 7.41. The van der Waals surface area contributed by atoms with Crippen LogP contribution in [0.2, 0.25) is 0 Å². The minimum atomic E-state index is 0.0943. The lowest BCUT2D eigenvalue weighted by Gasteiger charge is -2.05. The van der Waals surface area contributed by atoms with Crippen LogP contribution >= 0.6 is 11.8 Å². The first-order valence-corrected chi connectivity index (χ1v) is 8.74. The summed E-state index contributed by atoms with van der Waals surface area (Å²) in [5.41, 5.74) is 4.98. The number of aryl methyl sites for hydroxylation is 2. The zero-order valence-corrected chi connectivity index (χ0v) is 14.5. The van der Waals surface area contributed by atoms with Gasteiger partial charge in [0.25, 0.3) is 0 Å². The molecule has 3 nitrogen and oxygen atoms in total. The number of thioether (sulfide) groups is 1. The molecule has 0 saturated heterocycles. The molecule has 3 rings (SSSR count). The Kier molecular flexibility index (Phi) is 5.06. The standard InChI is InChI=1S/C20H18N2OS/c1-14-8-9-17(12-15(14)2)19(23)13-24-20-21-11-10-18(22-20)16-6-4-3-5-7-16/h3-12H,13H2,1-2H3. The lowest BCUT2D eigenvalue weighted by atomic mass is 10.0. The monoisotopic (exact) mass is 334 g/mol. The van der Waals surface area contributed by atoms with Crippen LogP contribution in [-0.2, 0) is 0 Å². The van der Waals surface area contributed by atoms with Crippen molar-refractivity contribution in [3.05, 3.63) is 77.5 Å². The normalized spacial score (nSPS) is 10.6. The Hall–Kier alpha value is -2.46. The van der Waals surface area contributed by atoms with Gasteiger partial charge in [-0.3, -0.25) is 4.79 Å². The number of ketones is 1. The average molecular weight is 334 g/mol. The van der Waals surface area contributed by atoms with Gasteiger partial charge in [0, 0.05) is 17.3 Å². The Bertz CT molecular complexity index is 863. The van der Waals surface area contributed by atoms with Gasteiger partial charge < -0.3 is 0 Å². The molecule has 0 atom stereocenters. The molecular weight excluding hydrogens is 316 g/mol. The number of aromatic nitrogens is 2. The van der Waals surface area contributed by atoms with Crippen LogP contribution in [0.1, 0.15) is 21.5 Å². The zero-order chi connectivity index (χ0) is 16.9. The molecule has 0 amide bonds. The smallest absolute Gasteiger partial charge is 0.188 e. The number of Topliss-reactive ketones (excluding diaryl/α,β-unsaturated/α-hetero) is 1. The van der Waals surface area contributed by atoms with E-state index in [2.05, 4.69) is 9.97 Å². The third-order valence-corrected chi connectivity index (χ3v) is 4.73. The molecule has 0 aliphatic carbocycles. The van der Waals surface area contributed by atoms with Gasteiger partial charge in [-0.15, -0.1) is 0 Å².